The second-order valence-electron chi connectivity index (χ2n) is 6.94. The van der Waals surface area contributed by atoms with Gasteiger partial charge in [-0.05, 0) is 56.9 Å². The van der Waals surface area contributed by atoms with Crippen LogP contribution in [0.25, 0.3) is 0 Å². The minimum Gasteiger partial charge on any atom is -0.484 e. The smallest absolute Gasteiger partial charge is 0.297 e. The molecule has 0 unspecified atom stereocenters. The molecule has 1 fully saturated rings. The van der Waals surface area contributed by atoms with E-state index in [4.69, 9.17) is 16.3 Å². The van der Waals surface area contributed by atoms with Crippen molar-refractivity contribution in [1.29, 1.82) is 5.26 Å². The first-order valence-corrected chi connectivity index (χ1v) is 12.6. The van der Waals surface area contributed by atoms with Gasteiger partial charge in [-0.15, -0.1) is 0 Å². The number of aromatic nitrogens is 2. The molecule has 1 saturated heterocycles. The van der Waals surface area contributed by atoms with Gasteiger partial charge in [0.15, 0.2) is 0 Å². The van der Waals surface area contributed by atoms with E-state index in [1.54, 1.807) is 22.8 Å². The summed E-state index contributed by atoms with van der Waals surface area (Å²) in [6.07, 6.45) is 4.70. The molecule has 1 aromatic carbocycles. The Hall–Kier alpha value is -2.52. The number of piperidine rings is 1. The molecular formula is C26H41ClN4O2. The van der Waals surface area contributed by atoms with Gasteiger partial charge in [0.2, 0.25) is 11.7 Å². The molecule has 2 heterocycles. The molecule has 0 bridgehead atoms. The van der Waals surface area contributed by atoms with Crippen molar-refractivity contribution in [3.8, 4) is 11.8 Å². The van der Waals surface area contributed by atoms with Crippen LogP contribution in [-0.2, 0) is 6.54 Å². The fourth-order valence-electron chi connectivity index (χ4n) is 3.26. The minimum atomic E-state index is -0.247. The Morgan fingerprint density at radius 3 is 2.24 bits per heavy atom. The summed E-state index contributed by atoms with van der Waals surface area (Å²) in [5, 5.41) is 9.94. The van der Waals surface area contributed by atoms with Crippen molar-refractivity contribution in [2.75, 3.05) is 18.0 Å². The molecule has 6 nitrogen and oxygen atoms in total. The number of halogens is 1. The lowest BCUT2D eigenvalue weighted by Gasteiger charge is -2.30. The molecule has 0 amide bonds. The van der Waals surface area contributed by atoms with Gasteiger partial charge >= 0.3 is 0 Å². The molecule has 184 valence electrons. The van der Waals surface area contributed by atoms with Crippen molar-refractivity contribution in [3.05, 3.63) is 50.9 Å². The molecular weight excluding hydrogens is 436 g/mol. The van der Waals surface area contributed by atoms with E-state index in [2.05, 4.69) is 16.0 Å². The number of hydrogen-bond donors (Lipinski definition) is 0. The maximum absolute atomic E-state index is 13.1. The van der Waals surface area contributed by atoms with Gasteiger partial charge in [-0.1, -0.05) is 53.1 Å². The quantitative estimate of drug-likeness (QED) is 0.481. The van der Waals surface area contributed by atoms with Gasteiger partial charge in [-0.25, -0.2) is 4.98 Å². The normalized spacial score (nSPS) is 12.2. The van der Waals surface area contributed by atoms with Crippen LogP contribution in [0.3, 0.4) is 0 Å². The topological polar surface area (TPSA) is 71.2 Å². The Morgan fingerprint density at radius 2 is 1.70 bits per heavy atom. The first-order valence-electron chi connectivity index (χ1n) is 12.2. The van der Waals surface area contributed by atoms with E-state index in [0.29, 0.717) is 22.1 Å². The first kappa shape index (κ1) is 30.5. The number of benzene rings is 1. The summed E-state index contributed by atoms with van der Waals surface area (Å²) >= 11 is 6.12. The van der Waals surface area contributed by atoms with Crippen molar-refractivity contribution in [2.24, 2.45) is 0 Å². The van der Waals surface area contributed by atoms with Gasteiger partial charge in [0.05, 0.1) is 30.5 Å². The summed E-state index contributed by atoms with van der Waals surface area (Å²) in [5.74, 6) is 0.825. The summed E-state index contributed by atoms with van der Waals surface area (Å²) in [7, 11) is 0. The minimum absolute atomic E-state index is 0.130. The zero-order valence-corrected chi connectivity index (χ0v) is 22.4. The molecule has 7 heteroatoms. The molecule has 1 aliphatic rings. The second kappa shape index (κ2) is 17.0. The summed E-state index contributed by atoms with van der Waals surface area (Å²) in [5.41, 5.74) is 0.933. The van der Waals surface area contributed by atoms with Crippen LogP contribution in [0.15, 0.2) is 29.2 Å². The fraction of sp³-hybridized carbons (Fsp3) is 0.577. The molecule has 2 aromatic rings. The van der Waals surface area contributed by atoms with E-state index in [0.717, 1.165) is 25.9 Å². The summed E-state index contributed by atoms with van der Waals surface area (Å²) in [6, 6.07) is 7.24. The average molecular weight is 477 g/mol. The number of hydrogen-bond acceptors (Lipinski definition) is 5. The molecule has 0 atom stereocenters. The number of ether oxygens (including phenoxy) is 1. The van der Waals surface area contributed by atoms with Crippen LogP contribution in [0.5, 0.6) is 5.75 Å². The fourth-order valence-corrected chi connectivity index (χ4v) is 3.46. The lowest BCUT2D eigenvalue weighted by Crippen LogP contribution is -2.37. The third-order valence-electron chi connectivity index (χ3n) is 4.51. The van der Waals surface area contributed by atoms with E-state index in [1.807, 2.05) is 55.4 Å². The van der Waals surface area contributed by atoms with Crippen LogP contribution in [0.1, 0.15) is 85.8 Å². The SMILES string of the molecule is CC.CC.CC.CC(C)Oc1cnc(N2CCCCC2)n(Cc2cc(Cl)ccc2C#N)c1=O. The molecule has 0 saturated carbocycles. The second-order valence-corrected chi connectivity index (χ2v) is 7.38. The highest BCUT2D eigenvalue weighted by Gasteiger charge is 2.20. The standard InChI is InChI=1S/C20H23ClN4O2.3C2H6/c1-14(2)27-18-12-23-20(24-8-4-3-5-9-24)25(19(18)26)13-16-10-17(21)7-6-15(16)11-22;3*1-2/h6-7,10,12,14H,3-5,8-9,13H2,1-2H3;3*1-2H3. The third-order valence-corrected chi connectivity index (χ3v) is 4.75. The average Bonchev–Trinajstić information content (AvgIpc) is 2.86. The molecule has 0 spiro atoms. The monoisotopic (exact) mass is 476 g/mol. The predicted molar refractivity (Wildman–Crippen MR) is 140 cm³/mol. The lowest BCUT2D eigenvalue weighted by atomic mass is 10.1. The summed E-state index contributed by atoms with van der Waals surface area (Å²) in [6.45, 7) is 17.7. The van der Waals surface area contributed by atoms with Crippen molar-refractivity contribution in [3.63, 3.8) is 0 Å². The zero-order chi connectivity index (χ0) is 25.4. The van der Waals surface area contributed by atoms with Gasteiger partial charge in [0, 0.05) is 18.1 Å². The van der Waals surface area contributed by atoms with Crippen LogP contribution < -0.4 is 15.2 Å². The van der Waals surface area contributed by atoms with Gasteiger partial charge in [-0.3, -0.25) is 9.36 Å². The van der Waals surface area contributed by atoms with Crippen molar-refractivity contribution >= 4 is 17.5 Å². The Kier molecular flexibility index (Phi) is 15.7. The van der Waals surface area contributed by atoms with Crippen LogP contribution in [0, 0.1) is 11.3 Å². The Morgan fingerprint density at radius 1 is 1.09 bits per heavy atom. The molecule has 1 aromatic heterocycles. The van der Waals surface area contributed by atoms with Gasteiger partial charge in [-0.2, -0.15) is 5.26 Å². The van der Waals surface area contributed by atoms with Crippen LogP contribution in [0.2, 0.25) is 5.02 Å². The van der Waals surface area contributed by atoms with Gasteiger partial charge in [0.1, 0.15) is 0 Å². The third kappa shape index (κ3) is 9.09. The van der Waals surface area contributed by atoms with Crippen LogP contribution in [0.4, 0.5) is 5.95 Å². The Bertz CT molecular complexity index is 913. The zero-order valence-electron chi connectivity index (χ0n) is 21.6. The van der Waals surface area contributed by atoms with E-state index in [9.17, 15) is 10.1 Å². The van der Waals surface area contributed by atoms with Crippen molar-refractivity contribution in [1.82, 2.24) is 9.55 Å². The molecule has 0 N–H and O–H groups in total. The predicted octanol–water partition coefficient (Wildman–Crippen LogP) is 6.67. The number of anilines is 1. The molecule has 0 radical (unpaired) electrons. The van der Waals surface area contributed by atoms with Crippen LogP contribution in [-0.4, -0.2) is 28.7 Å². The van der Waals surface area contributed by atoms with Crippen LogP contribution >= 0.6 is 11.6 Å². The van der Waals surface area contributed by atoms with Gasteiger partial charge in [0.25, 0.3) is 5.56 Å². The highest BCUT2D eigenvalue weighted by atomic mass is 35.5. The highest BCUT2D eigenvalue weighted by molar-refractivity contribution is 6.30. The van der Waals surface area contributed by atoms with E-state index in [-0.39, 0.29) is 24.0 Å². The highest BCUT2D eigenvalue weighted by Crippen LogP contribution is 2.22. The first-order chi connectivity index (χ1) is 16.0. The number of nitriles is 1. The lowest BCUT2D eigenvalue weighted by molar-refractivity contribution is 0.236. The van der Waals surface area contributed by atoms with Gasteiger partial charge < -0.3 is 9.64 Å². The van der Waals surface area contributed by atoms with E-state index >= 15 is 0 Å². The van der Waals surface area contributed by atoms with E-state index in [1.165, 1.54) is 12.6 Å². The van der Waals surface area contributed by atoms with Crippen molar-refractivity contribution in [2.45, 2.75) is 87.3 Å². The molecule has 0 aliphatic carbocycles. The largest absolute Gasteiger partial charge is 0.484 e. The molecule has 3 rings (SSSR count). The Labute approximate surface area is 205 Å². The summed E-state index contributed by atoms with van der Waals surface area (Å²) in [4.78, 5) is 19.8. The number of rotatable bonds is 5. The van der Waals surface area contributed by atoms with Crippen molar-refractivity contribution < 1.29 is 4.74 Å². The molecule has 33 heavy (non-hydrogen) atoms. The maximum atomic E-state index is 13.1. The summed E-state index contributed by atoms with van der Waals surface area (Å²) < 4.78 is 7.23. The van der Waals surface area contributed by atoms with E-state index < -0.39 is 0 Å². The number of nitrogens with zero attached hydrogens (tertiary/aromatic N) is 4. The molecule has 1 aliphatic heterocycles. The maximum Gasteiger partial charge on any atom is 0.297 e. The Balaban J connectivity index is 0.00000158.